The second kappa shape index (κ2) is 4.58. The third-order valence-electron chi connectivity index (χ3n) is 4.00. The molecule has 2 fully saturated rings. The van der Waals surface area contributed by atoms with Crippen LogP contribution in [0.4, 0.5) is 5.13 Å². The van der Waals surface area contributed by atoms with Crippen molar-refractivity contribution in [1.29, 1.82) is 0 Å². The van der Waals surface area contributed by atoms with Crippen LogP contribution in [0.25, 0.3) is 0 Å². The maximum Gasteiger partial charge on any atom is 0.185 e. The molecule has 1 heterocycles. The van der Waals surface area contributed by atoms with Crippen molar-refractivity contribution in [2.45, 2.75) is 57.1 Å². The minimum absolute atomic E-state index is 0.155. The van der Waals surface area contributed by atoms with Gasteiger partial charge in [-0.2, -0.15) is 0 Å². The Morgan fingerprint density at radius 3 is 2.59 bits per heavy atom. The van der Waals surface area contributed by atoms with Crippen molar-refractivity contribution in [1.82, 2.24) is 4.98 Å². The number of nitrogens with zero attached hydrogens (tertiary/aromatic N) is 2. The molecular formula is C13H20N2OS. The highest BCUT2D eigenvalue weighted by molar-refractivity contribution is 7.15. The highest BCUT2D eigenvalue weighted by Crippen LogP contribution is 2.44. The molecule has 0 atom stereocenters. The van der Waals surface area contributed by atoms with Crippen molar-refractivity contribution in [2.75, 3.05) is 11.9 Å². The Balaban J connectivity index is 1.81. The zero-order valence-electron chi connectivity index (χ0n) is 10.4. The van der Waals surface area contributed by atoms with E-state index in [2.05, 4.69) is 11.9 Å². The maximum atomic E-state index is 9.41. The van der Waals surface area contributed by atoms with E-state index in [-0.39, 0.29) is 6.61 Å². The van der Waals surface area contributed by atoms with Crippen LogP contribution in [-0.2, 0) is 6.61 Å². The first-order valence-electron chi connectivity index (χ1n) is 6.63. The van der Waals surface area contributed by atoms with Gasteiger partial charge < -0.3 is 10.0 Å². The molecule has 0 aromatic carbocycles. The number of aliphatic hydroxyl groups excluding tert-OH is 1. The summed E-state index contributed by atoms with van der Waals surface area (Å²) in [7, 11) is 2.16. The molecule has 2 aliphatic rings. The summed E-state index contributed by atoms with van der Waals surface area (Å²) >= 11 is 1.69. The first-order valence-corrected chi connectivity index (χ1v) is 7.44. The summed E-state index contributed by atoms with van der Waals surface area (Å²) in [6, 6.07) is 0.666. The highest BCUT2D eigenvalue weighted by Gasteiger charge is 2.31. The standard InChI is InChI=1S/C13H20N2OS/c1-15(10-4-2-3-5-10)13-14-12(9-6-7-9)11(8-16)17-13/h9-10,16H,2-8H2,1H3. The molecule has 0 aliphatic heterocycles. The van der Waals surface area contributed by atoms with Gasteiger partial charge >= 0.3 is 0 Å². The van der Waals surface area contributed by atoms with Gasteiger partial charge in [-0.25, -0.2) is 4.98 Å². The summed E-state index contributed by atoms with van der Waals surface area (Å²) in [5, 5.41) is 10.5. The molecule has 2 aliphatic carbocycles. The Hall–Kier alpha value is -0.610. The van der Waals surface area contributed by atoms with Gasteiger partial charge in [-0.3, -0.25) is 0 Å². The van der Waals surface area contributed by atoms with Crippen LogP contribution in [0, 0.1) is 0 Å². The normalized spacial score (nSPS) is 21.1. The van der Waals surface area contributed by atoms with Crippen molar-refractivity contribution in [2.24, 2.45) is 0 Å². The molecule has 0 saturated heterocycles. The molecule has 0 amide bonds. The van der Waals surface area contributed by atoms with E-state index in [1.54, 1.807) is 11.3 Å². The number of thiazole rings is 1. The predicted octanol–water partition coefficient (Wildman–Crippen LogP) is 2.89. The number of aliphatic hydroxyl groups is 1. The summed E-state index contributed by atoms with van der Waals surface area (Å²) in [6.45, 7) is 0.155. The fourth-order valence-corrected chi connectivity index (χ4v) is 3.78. The molecule has 1 aromatic heterocycles. The van der Waals surface area contributed by atoms with Crippen LogP contribution in [0.3, 0.4) is 0 Å². The van der Waals surface area contributed by atoms with Gasteiger partial charge in [0.2, 0.25) is 0 Å². The van der Waals surface area contributed by atoms with Crippen molar-refractivity contribution >= 4 is 16.5 Å². The Morgan fingerprint density at radius 1 is 1.29 bits per heavy atom. The van der Waals surface area contributed by atoms with Crippen LogP contribution in [0.5, 0.6) is 0 Å². The summed E-state index contributed by atoms with van der Waals surface area (Å²) < 4.78 is 0. The van der Waals surface area contributed by atoms with E-state index in [9.17, 15) is 5.11 Å². The van der Waals surface area contributed by atoms with Crippen molar-refractivity contribution in [3.05, 3.63) is 10.6 Å². The highest BCUT2D eigenvalue weighted by atomic mass is 32.1. The van der Waals surface area contributed by atoms with E-state index in [1.807, 2.05) is 0 Å². The second-order valence-electron chi connectivity index (χ2n) is 5.29. The summed E-state index contributed by atoms with van der Waals surface area (Å²) in [5.41, 5.74) is 1.18. The lowest BCUT2D eigenvalue weighted by atomic mass is 10.2. The number of anilines is 1. The average molecular weight is 252 g/mol. The van der Waals surface area contributed by atoms with Crippen LogP contribution in [0.15, 0.2) is 0 Å². The lowest BCUT2D eigenvalue weighted by molar-refractivity contribution is 0.284. The minimum Gasteiger partial charge on any atom is -0.391 e. The number of rotatable bonds is 4. The Kier molecular flexibility index (Phi) is 3.09. The van der Waals surface area contributed by atoms with E-state index >= 15 is 0 Å². The topological polar surface area (TPSA) is 36.4 Å². The van der Waals surface area contributed by atoms with E-state index in [4.69, 9.17) is 4.98 Å². The van der Waals surface area contributed by atoms with Gasteiger partial charge in [-0.1, -0.05) is 24.2 Å². The summed E-state index contributed by atoms with van der Waals surface area (Å²) in [5.74, 6) is 0.638. The summed E-state index contributed by atoms with van der Waals surface area (Å²) in [4.78, 5) is 8.20. The fourth-order valence-electron chi connectivity index (χ4n) is 2.74. The molecule has 94 valence electrons. The number of hydrogen-bond donors (Lipinski definition) is 1. The van der Waals surface area contributed by atoms with Gasteiger partial charge in [0.1, 0.15) is 0 Å². The third kappa shape index (κ3) is 2.20. The first-order chi connectivity index (χ1) is 8.29. The molecule has 0 unspecified atom stereocenters. The Labute approximate surface area is 106 Å². The van der Waals surface area contributed by atoms with Gasteiger partial charge in [-0.15, -0.1) is 0 Å². The lowest BCUT2D eigenvalue weighted by Gasteiger charge is -2.23. The zero-order chi connectivity index (χ0) is 11.8. The van der Waals surface area contributed by atoms with Crippen LogP contribution in [0.2, 0.25) is 0 Å². The van der Waals surface area contributed by atoms with Gasteiger partial charge in [0.25, 0.3) is 0 Å². The molecule has 4 heteroatoms. The third-order valence-corrected chi connectivity index (χ3v) is 5.14. The quantitative estimate of drug-likeness (QED) is 0.895. The monoisotopic (exact) mass is 252 g/mol. The predicted molar refractivity (Wildman–Crippen MR) is 70.7 cm³/mol. The number of hydrogen-bond acceptors (Lipinski definition) is 4. The molecule has 1 N–H and O–H groups in total. The van der Waals surface area contributed by atoms with E-state index < -0.39 is 0 Å². The smallest absolute Gasteiger partial charge is 0.185 e. The van der Waals surface area contributed by atoms with E-state index in [0.29, 0.717) is 12.0 Å². The molecule has 0 spiro atoms. The van der Waals surface area contributed by atoms with Gasteiger partial charge in [-0.05, 0) is 25.7 Å². The van der Waals surface area contributed by atoms with Crippen molar-refractivity contribution < 1.29 is 5.11 Å². The van der Waals surface area contributed by atoms with Crippen LogP contribution >= 0.6 is 11.3 Å². The second-order valence-corrected chi connectivity index (χ2v) is 6.35. The lowest BCUT2D eigenvalue weighted by Crippen LogP contribution is -2.28. The van der Waals surface area contributed by atoms with Crippen molar-refractivity contribution in [3.63, 3.8) is 0 Å². The molecule has 0 bridgehead atoms. The Morgan fingerprint density at radius 2 is 2.00 bits per heavy atom. The maximum absolute atomic E-state index is 9.41. The molecular weight excluding hydrogens is 232 g/mol. The SMILES string of the molecule is CN(c1nc(C2CC2)c(CO)s1)C1CCCC1. The van der Waals surface area contributed by atoms with Crippen molar-refractivity contribution in [3.8, 4) is 0 Å². The summed E-state index contributed by atoms with van der Waals surface area (Å²) in [6.07, 6.45) is 7.80. The fraction of sp³-hybridized carbons (Fsp3) is 0.769. The van der Waals surface area contributed by atoms with Gasteiger partial charge in [0.05, 0.1) is 17.2 Å². The largest absolute Gasteiger partial charge is 0.391 e. The molecule has 3 rings (SSSR count). The average Bonchev–Trinajstić information content (AvgIpc) is 2.91. The van der Waals surface area contributed by atoms with Crippen LogP contribution in [-0.4, -0.2) is 23.2 Å². The zero-order valence-corrected chi connectivity index (χ0v) is 11.2. The van der Waals surface area contributed by atoms with E-state index in [0.717, 1.165) is 10.0 Å². The molecule has 0 radical (unpaired) electrons. The molecule has 17 heavy (non-hydrogen) atoms. The molecule has 2 saturated carbocycles. The number of aromatic nitrogens is 1. The van der Waals surface area contributed by atoms with Crippen LogP contribution in [0.1, 0.15) is 55.0 Å². The van der Waals surface area contributed by atoms with Crippen LogP contribution < -0.4 is 4.90 Å². The van der Waals surface area contributed by atoms with E-state index in [1.165, 1.54) is 44.2 Å². The van der Waals surface area contributed by atoms with Gasteiger partial charge in [0.15, 0.2) is 5.13 Å². The van der Waals surface area contributed by atoms with Gasteiger partial charge in [0, 0.05) is 19.0 Å². The molecule has 1 aromatic rings. The Bertz CT molecular complexity index is 394. The molecule has 3 nitrogen and oxygen atoms in total. The first kappa shape index (κ1) is 11.5. The minimum atomic E-state index is 0.155.